The van der Waals surface area contributed by atoms with Crippen LogP contribution >= 0.6 is 0 Å². The zero-order valence-electron chi connectivity index (χ0n) is 9.95. The van der Waals surface area contributed by atoms with Gasteiger partial charge < -0.3 is 10.8 Å². The van der Waals surface area contributed by atoms with Gasteiger partial charge in [0.1, 0.15) is 0 Å². The first-order valence-electron chi connectivity index (χ1n) is 6.57. The molecule has 2 aliphatic carbocycles. The number of nitrogens with two attached hydrogens (primary N) is 1. The molecular weight excluding hydrogens is 202 g/mol. The Morgan fingerprint density at radius 1 is 1.25 bits per heavy atom. The summed E-state index contributed by atoms with van der Waals surface area (Å²) in [6, 6.07) is 0. The summed E-state index contributed by atoms with van der Waals surface area (Å²) in [6.07, 6.45) is 8.91. The molecule has 2 rings (SSSR count). The predicted molar refractivity (Wildman–Crippen MR) is 63.0 cm³/mol. The van der Waals surface area contributed by atoms with Crippen LogP contribution in [0.4, 0.5) is 0 Å². The second-order valence-corrected chi connectivity index (χ2v) is 5.82. The molecule has 0 aromatic carbocycles. The maximum atomic E-state index is 10.9. The normalized spacial score (nSPS) is 39.1. The largest absolute Gasteiger partial charge is 0.481 e. The molecule has 0 saturated heterocycles. The van der Waals surface area contributed by atoms with Crippen LogP contribution < -0.4 is 5.73 Å². The van der Waals surface area contributed by atoms with E-state index in [-0.39, 0.29) is 11.8 Å². The molecule has 0 aromatic rings. The van der Waals surface area contributed by atoms with E-state index in [9.17, 15) is 4.79 Å². The van der Waals surface area contributed by atoms with E-state index in [1.807, 2.05) is 0 Å². The molecule has 92 valence electrons. The molecule has 0 spiro atoms. The molecule has 1 unspecified atom stereocenters. The Balaban J connectivity index is 2.03. The number of fused-ring (bicyclic) bond motifs is 1. The summed E-state index contributed by atoms with van der Waals surface area (Å²) < 4.78 is 0. The van der Waals surface area contributed by atoms with Crippen LogP contribution in [-0.2, 0) is 4.79 Å². The molecule has 0 amide bonds. The monoisotopic (exact) mass is 225 g/mol. The second kappa shape index (κ2) is 4.74. The lowest BCUT2D eigenvalue weighted by Gasteiger charge is -2.45. The molecule has 3 heteroatoms. The molecule has 0 aromatic heterocycles. The predicted octanol–water partition coefficient (Wildman–Crippen LogP) is 2.40. The van der Waals surface area contributed by atoms with Crippen molar-refractivity contribution in [2.75, 3.05) is 6.54 Å². The van der Waals surface area contributed by atoms with Crippen molar-refractivity contribution in [3.05, 3.63) is 0 Å². The third kappa shape index (κ3) is 2.40. The first kappa shape index (κ1) is 11.9. The second-order valence-electron chi connectivity index (χ2n) is 5.82. The Kier molecular flexibility index (Phi) is 3.53. The molecular formula is C13H23NO2. The molecule has 3 atom stereocenters. The fourth-order valence-corrected chi connectivity index (χ4v) is 3.82. The molecule has 2 saturated carbocycles. The molecule has 0 bridgehead atoms. The number of hydrogen-bond donors (Lipinski definition) is 2. The highest BCUT2D eigenvalue weighted by molar-refractivity contribution is 5.67. The van der Waals surface area contributed by atoms with Gasteiger partial charge in [0.2, 0.25) is 0 Å². The third-order valence-electron chi connectivity index (χ3n) is 4.77. The standard InChI is InChI=1S/C13H23NO2/c14-9-13(8-12(15)16)6-5-10-3-1-2-4-11(10)7-13/h10-11H,1-9,14H2,(H,15,16)/t10?,11-,13+/m1/s1. The van der Waals surface area contributed by atoms with Crippen molar-refractivity contribution in [2.45, 2.75) is 51.4 Å². The summed E-state index contributed by atoms with van der Waals surface area (Å²) >= 11 is 0. The molecule has 0 heterocycles. The summed E-state index contributed by atoms with van der Waals surface area (Å²) in [5.74, 6) is 0.937. The summed E-state index contributed by atoms with van der Waals surface area (Å²) in [5.41, 5.74) is 5.75. The smallest absolute Gasteiger partial charge is 0.303 e. The Morgan fingerprint density at radius 3 is 2.56 bits per heavy atom. The van der Waals surface area contributed by atoms with Crippen LogP contribution in [0.2, 0.25) is 0 Å². The molecule has 3 nitrogen and oxygen atoms in total. The highest BCUT2D eigenvalue weighted by Gasteiger charge is 2.41. The van der Waals surface area contributed by atoms with Crippen LogP contribution in [0.5, 0.6) is 0 Å². The van der Waals surface area contributed by atoms with Gasteiger partial charge in [-0.15, -0.1) is 0 Å². The van der Waals surface area contributed by atoms with Gasteiger partial charge in [-0.25, -0.2) is 0 Å². The Bertz CT molecular complexity index is 267. The minimum absolute atomic E-state index is 0.0929. The lowest BCUT2D eigenvalue weighted by Crippen LogP contribution is -2.41. The fourth-order valence-electron chi connectivity index (χ4n) is 3.82. The van der Waals surface area contributed by atoms with E-state index in [0.717, 1.165) is 24.7 Å². The topological polar surface area (TPSA) is 63.3 Å². The number of carboxylic acids is 1. The van der Waals surface area contributed by atoms with Gasteiger partial charge in [-0.3, -0.25) is 4.79 Å². The molecule has 0 aliphatic heterocycles. The quantitative estimate of drug-likeness (QED) is 0.775. The van der Waals surface area contributed by atoms with Crippen molar-refractivity contribution in [2.24, 2.45) is 23.0 Å². The van der Waals surface area contributed by atoms with Crippen molar-refractivity contribution >= 4 is 5.97 Å². The van der Waals surface area contributed by atoms with Gasteiger partial charge in [-0.1, -0.05) is 25.7 Å². The van der Waals surface area contributed by atoms with E-state index < -0.39 is 5.97 Å². The van der Waals surface area contributed by atoms with Crippen LogP contribution in [-0.4, -0.2) is 17.6 Å². The molecule has 0 radical (unpaired) electrons. The van der Waals surface area contributed by atoms with Crippen molar-refractivity contribution in [3.63, 3.8) is 0 Å². The number of hydrogen-bond acceptors (Lipinski definition) is 2. The number of aliphatic carboxylic acids is 1. The molecule has 2 aliphatic rings. The zero-order valence-corrected chi connectivity index (χ0v) is 9.95. The number of carbonyl (C=O) groups is 1. The van der Waals surface area contributed by atoms with Crippen molar-refractivity contribution in [1.29, 1.82) is 0 Å². The minimum Gasteiger partial charge on any atom is -0.481 e. The van der Waals surface area contributed by atoms with Crippen LogP contribution in [0.1, 0.15) is 51.4 Å². The molecule has 16 heavy (non-hydrogen) atoms. The van der Waals surface area contributed by atoms with Gasteiger partial charge in [0.25, 0.3) is 0 Å². The zero-order chi connectivity index (χ0) is 11.6. The van der Waals surface area contributed by atoms with E-state index in [4.69, 9.17) is 10.8 Å². The van der Waals surface area contributed by atoms with Crippen LogP contribution in [0, 0.1) is 17.3 Å². The van der Waals surface area contributed by atoms with Gasteiger partial charge in [0.05, 0.1) is 6.42 Å². The Hall–Kier alpha value is -0.570. The van der Waals surface area contributed by atoms with Crippen molar-refractivity contribution in [1.82, 2.24) is 0 Å². The molecule has 2 fully saturated rings. The average molecular weight is 225 g/mol. The first-order chi connectivity index (χ1) is 7.65. The van der Waals surface area contributed by atoms with Gasteiger partial charge in [-0.2, -0.15) is 0 Å². The first-order valence-corrected chi connectivity index (χ1v) is 6.57. The highest BCUT2D eigenvalue weighted by Crippen LogP contribution is 2.49. The number of rotatable bonds is 3. The van der Waals surface area contributed by atoms with Crippen LogP contribution in [0.3, 0.4) is 0 Å². The van der Waals surface area contributed by atoms with Gasteiger partial charge in [-0.05, 0) is 43.1 Å². The van der Waals surface area contributed by atoms with E-state index in [1.54, 1.807) is 0 Å². The van der Waals surface area contributed by atoms with E-state index in [1.165, 1.54) is 32.1 Å². The van der Waals surface area contributed by atoms with E-state index >= 15 is 0 Å². The maximum absolute atomic E-state index is 10.9. The summed E-state index contributed by atoms with van der Waals surface area (Å²) in [4.78, 5) is 10.9. The highest BCUT2D eigenvalue weighted by atomic mass is 16.4. The van der Waals surface area contributed by atoms with E-state index in [2.05, 4.69) is 0 Å². The van der Waals surface area contributed by atoms with E-state index in [0.29, 0.717) is 6.54 Å². The van der Waals surface area contributed by atoms with Crippen molar-refractivity contribution in [3.8, 4) is 0 Å². The van der Waals surface area contributed by atoms with Gasteiger partial charge >= 0.3 is 5.97 Å². The lowest BCUT2D eigenvalue weighted by atomic mass is 9.60. The average Bonchev–Trinajstić information content (AvgIpc) is 2.28. The molecule has 3 N–H and O–H groups in total. The SMILES string of the molecule is NC[C@@]1(CC(=O)O)CCC2CCCC[C@@H]2C1. The lowest BCUT2D eigenvalue weighted by molar-refractivity contribution is -0.141. The summed E-state index contributed by atoms with van der Waals surface area (Å²) in [6.45, 7) is 0.544. The number of carboxylic acid groups (broad SMARTS) is 1. The fraction of sp³-hybridized carbons (Fsp3) is 0.923. The van der Waals surface area contributed by atoms with Crippen LogP contribution in [0.25, 0.3) is 0 Å². The van der Waals surface area contributed by atoms with Gasteiger partial charge in [0, 0.05) is 0 Å². The van der Waals surface area contributed by atoms with Crippen LogP contribution in [0.15, 0.2) is 0 Å². The maximum Gasteiger partial charge on any atom is 0.303 e. The minimum atomic E-state index is -0.681. The summed E-state index contributed by atoms with van der Waals surface area (Å²) in [7, 11) is 0. The van der Waals surface area contributed by atoms with Gasteiger partial charge in [0.15, 0.2) is 0 Å². The Morgan fingerprint density at radius 2 is 1.94 bits per heavy atom. The summed E-state index contributed by atoms with van der Waals surface area (Å²) in [5, 5.41) is 9.00. The Labute approximate surface area is 97.4 Å². The van der Waals surface area contributed by atoms with Crippen molar-refractivity contribution < 1.29 is 9.90 Å². The third-order valence-corrected chi connectivity index (χ3v) is 4.77.